The van der Waals surface area contributed by atoms with Crippen LogP contribution in [0, 0.1) is 11.7 Å². The van der Waals surface area contributed by atoms with Crippen LogP contribution < -0.4 is 10.2 Å². The number of nitrogens with zero attached hydrogens (tertiary/aromatic N) is 2. The number of hydrogen-bond donors (Lipinski definition) is 1. The van der Waals surface area contributed by atoms with Crippen LogP contribution in [0.4, 0.5) is 10.1 Å². The first-order valence-electron chi connectivity index (χ1n) is 7.81. The van der Waals surface area contributed by atoms with Gasteiger partial charge in [0.15, 0.2) is 0 Å². The van der Waals surface area contributed by atoms with E-state index in [1.807, 2.05) is 12.1 Å². The van der Waals surface area contributed by atoms with Crippen molar-refractivity contribution in [1.29, 1.82) is 0 Å². The molecule has 1 heterocycles. The predicted molar refractivity (Wildman–Crippen MR) is 87.2 cm³/mol. The summed E-state index contributed by atoms with van der Waals surface area (Å²) in [7, 11) is 4.20. The molecule has 2 rings (SSSR count). The van der Waals surface area contributed by atoms with Gasteiger partial charge in [-0.05, 0) is 37.7 Å². The number of anilines is 1. The van der Waals surface area contributed by atoms with E-state index in [1.54, 1.807) is 6.07 Å². The Morgan fingerprint density at radius 1 is 1.33 bits per heavy atom. The first kappa shape index (κ1) is 16.2. The summed E-state index contributed by atoms with van der Waals surface area (Å²) in [6.07, 6.45) is 0. The first-order valence-corrected chi connectivity index (χ1v) is 7.81. The fourth-order valence-corrected chi connectivity index (χ4v) is 3.06. The lowest BCUT2D eigenvalue weighted by Gasteiger charge is -2.23. The molecule has 1 N–H and O–H groups in total. The lowest BCUT2D eigenvalue weighted by Crippen LogP contribution is -2.34. The van der Waals surface area contributed by atoms with Crippen LogP contribution in [0.25, 0.3) is 0 Å². The van der Waals surface area contributed by atoms with E-state index in [2.05, 4.69) is 50.0 Å². The molecular weight excluding hydrogens is 265 g/mol. The van der Waals surface area contributed by atoms with Gasteiger partial charge in [0.05, 0.1) is 5.69 Å². The van der Waals surface area contributed by atoms with Crippen molar-refractivity contribution < 1.29 is 4.39 Å². The van der Waals surface area contributed by atoms with Crippen LogP contribution in [-0.4, -0.2) is 44.2 Å². The molecule has 21 heavy (non-hydrogen) atoms. The van der Waals surface area contributed by atoms with E-state index in [0.717, 1.165) is 24.3 Å². The maximum absolute atomic E-state index is 14.4. The molecule has 0 radical (unpaired) electrons. The topological polar surface area (TPSA) is 18.5 Å². The van der Waals surface area contributed by atoms with E-state index in [-0.39, 0.29) is 5.82 Å². The fraction of sp³-hybridized carbons (Fsp3) is 0.647. The van der Waals surface area contributed by atoms with E-state index < -0.39 is 0 Å². The van der Waals surface area contributed by atoms with Gasteiger partial charge in [-0.2, -0.15) is 0 Å². The molecule has 0 aromatic heterocycles. The van der Waals surface area contributed by atoms with Gasteiger partial charge in [-0.15, -0.1) is 0 Å². The van der Waals surface area contributed by atoms with E-state index in [1.165, 1.54) is 0 Å². The normalized spacial score (nSPS) is 22.6. The molecule has 3 nitrogen and oxygen atoms in total. The summed E-state index contributed by atoms with van der Waals surface area (Å²) >= 11 is 0. The van der Waals surface area contributed by atoms with Crippen molar-refractivity contribution in [2.24, 2.45) is 5.92 Å². The van der Waals surface area contributed by atoms with Crippen LogP contribution in [0.3, 0.4) is 0 Å². The molecule has 0 saturated carbocycles. The molecule has 0 spiro atoms. The molecule has 1 aromatic carbocycles. The van der Waals surface area contributed by atoms with Crippen molar-refractivity contribution in [3.8, 4) is 0 Å². The zero-order valence-corrected chi connectivity index (χ0v) is 13.9. The minimum absolute atomic E-state index is 0.107. The van der Waals surface area contributed by atoms with Gasteiger partial charge >= 0.3 is 0 Å². The van der Waals surface area contributed by atoms with Crippen molar-refractivity contribution in [2.75, 3.05) is 32.1 Å². The maximum Gasteiger partial charge on any atom is 0.146 e. The molecule has 0 aliphatic carbocycles. The Bertz CT molecular complexity index is 473. The Hall–Kier alpha value is -1.13. The van der Waals surface area contributed by atoms with Crippen molar-refractivity contribution in [3.63, 3.8) is 0 Å². The largest absolute Gasteiger partial charge is 0.367 e. The van der Waals surface area contributed by atoms with Crippen LogP contribution in [0.2, 0.25) is 0 Å². The SMILES string of the molecule is CC(C)NCc1ccc(N2CC(C)C(N(C)C)C2)c(F)c1. The molecule has 0 amide bonds. The minimum Gasteiger partial charge on any atom is -0.367 e. The van der Waals surface area contributed by atoms with Crippen molar-refractivity contribution in [2.45, 2.75) is 39.4 Å². The van der Waals surface area contributed by atoms with Gasteiger partial charge < -0.3 is 15.1 Å². The quantitative estimate of drug-likeness (QED) is 0.900. The van der Waals surface area contributed by atoms with E-state index >= 15 is 0 Å². The lowest BCUT2D eigenvalue weighted by molar-refractivity contribution is 0.266. The maximum atomic E-state index is 14.4. The van der Waals surface area contributed by atoms with E-state index in [0.29, 0.717) is 24.5 Å². The highest BCUT2D eigenvalue weighted by molar-refractivity contribution is 5.50. The molecule has 0 bridgehead atoms. The molecule has 2 unspecified atom stereocenters. The average Bonchev–Trinajstić information content (AvgIpc) is 2.78. The second-order valence-electron chi connectivity index (χ2n) is 6.73. The Morgan fingerprint density at radius 3 is 2.57 bits per heavy atom. The number of rotatable bonds is 5. The van der Waals surface area contributed by atoms with E-state index in [9.17, 15) is 4.39 Å². The van der Waals surface area contributed by atoms with E-state index in [4.69, 9.17) is 0 Å². The van der Waals surface area contributed by atoms with Gasteiger partial charge in [0, 0.05) is 31.7 Å². The first-order chi connectivity index (χ1) is 9.88. The smallest absolute Gasteiger partial charge is 0.146 e. The van der Waals surface area contributed by atoms with Gasteiger partial charge in [-0.1, -0.05) is 26.8 Å². The molecule has 4 heteroatoms. The van der Waals surface area contributed by atoms with Crippen molar-refractivity contribution in [3.05, 3.63) is 29.6 Å². The van der Waals surface area contributed by atoms with Crippen LogP contribution in [0.15, 0.2) is 18.2 Å². The van der Waals surface area contributed by atoms with Crippen LogP contribution in [0.5, 0.6) is 0 Å². The Kier molecular flexibility index (Phi) is 5.22. The standard InChI is InChI=1S/C17H28FN3/c1-12(2)19-9-14-6-7-16(15(18)8-14)21-10-13(3)17(11-21)20(4)5/h6-8,12-13,17,19H,9-11H2,1-5H3. The van der Waals surface area contributed by atoms with Gasteiger partial charge in [-0.3, -0.25) is 0 Å². The Balaban J connectivity index is 2.08. The second kappa shape index (κ2) is 6.75. The third-order valence-electron chi connectivity index (χ3n) is 4.30. The Labute approximate surface area is 128 Å². The predicted octanol–water partition coefficient (Wildman–Crippen LogP) is 2.71. The third kappa shape index (κ3) is 3.95. The highest BCUT2D eigenvalue weighted by Gasteiger charge is 2.32. The molecule has 1 fully saturated rings. The van der Waals surface area contributed by atoms with Crippen LogP contribution in [0.1, 0.15) is 26.3 Å². The summed E-state index contributed by atoms with van der Waals surface area (Å²) in [5.74, 6) is 0.450. The summed E-state index contributed by atoms with van der Waals surface area (Å²) in [5.41, 5.74) is 1.74. The average molecular weight is 293 g/mol. The monoisotopic (exact) mass is 293 g/mol. The zero-order chi connectivity index (χ0) is 15.6. The number of nitrogens with one attached hydrogen (secondary N) is 1. The summed E-state index contributed by atoms with van der Waals surface area (Å²) in [6.45, 7) is 8.96. The summed E-state index contributed by atoms with van der Waals surface area (Å²) < 4.78 is 14.4. The third-order valence-corrected chi connectivity index (χ3v) is 4.30. The highest BCUT2D eigenvalue weighted by atomic mass is 19.1. The van der Waals surface area contributed by atoms with Crippen LogP contribution in [-0.2, 0) is 6.54 Å². The van der Waals surface area contributed by atoms with Gasteiger partial charge in [-0.25, -0.2) is 4.39 Å². The molecule has 2 atom stereocenters. The number of likely N-dealkylation sites (N-methyl/N-ethyl adjacent to an activating group) is 1. The lowest BCUT2D eigenvalue weighted by atomic mass is 10.1. The molecular formula is C17H28FN3. The van der Waals surface area contributed by atoms with Crippen LogP contribution >= 0.6 is 0 Å². The number of hydrogen-bond acceptors (Lipinski definition) is 3. The van der Waals surface area contributed by atoms with Crippen molar-refractivity contribution >= 4 is 5.69 Å². The summed E-state index contributed by atoms with van der Waals surface area (Å²) in [5, 5.41) is 3.32. The fourth-order valence-electron chi connectivity index (χ4n) is 3.06. The molecule has 1 aliphatic heterocycles. The number of halogens is 1. The summed E-state index contributed by atoms with van der Waals surface area (Å²) in [6, 6.07) is 6.52. The van der Waals surface area contributed by atoms with Gasteiger partial charge in [0.1, 0.15) is 5.82 Å². The molecule has 1 saturated heterocycles. The Morgan fingerprint density at radius 2 is 2.05 bits per heavy atom. The highest BCUT2D eigenvalue weighted by Crippen LogP contribution is 2.28. The molecule has 1 aromatic rings. The summed E-state index contributed by atoms with van der Waals surface area (Å²) in [4.78, 5) is 4.41. The molecule has 1 aliphatic rings. The second-order valence-corrected chi connectivity index (χ2v) is 6.73. The molecule has 118 valence electrons. The number of benzene rings is 1. The van der Waals surface area contributed by atoms with Gasteiger partial charge in [0.25, 0.3) is 0 Å². The van der Waals surface area contributed by atoms with Gasteiger partial charge in [0.2, 0.25) is 0 Å². The van der Waals surface area contributed by atoms with Crippen molar-refractivity contribution in [1.82, 2.24) is 10.2 Å². The minimum atomic E-state index is -0.107. The zero-order valence-electron chi connectivity index (χ0n) is 13.9.